The number of hydrogen-bond acceptors (Lipinski definition) is 18. The summed E-state index contributed by atoms with van der Waals surface area (Å²) >= 11 is 9.91. The van der Waals surface area contributed by atoms with E-state index >= 15 is 0 Å². The first-order valence-electron chi connectivity index (χ1n) is 37.9. The van der Waals surface area contributed by atoms with E-state index in [0.717, 1.165) is 147 Å². The summed E-state index contributed by atoms with van der Waals surface area (Å²) in [6.45, 7) is 15.3. The lowest BCUT2D eigenvalue weighted by Gasteiger charge is -2.13. The van der Waals surface area contributed by atoms with Crippen LogP contribution in [0.15, 0.2) is 240 Å². The van der Waals surface area contributed by atoms with Crippen molar-refractivity contribution in [2.75, 3.05) is 36.0 Å². The molecule has 0 spiro atoms. The molecule has 0 aliphatic carbocycles. The fourth-order valence-corrected chi connectivity index (χ4v) is 17.2. The van der Waals surface area contributed by atoms with Gasteiger partial charge in [-0.15, -0.1) is 56.7 Å². The van der Waals surface area contributed by atoms with Crippen molar-refractivity contribution in [1.82, 2.24) is 46.9 Å². The van der Waals surface area contributed by atoms with Gasteiger partial charge in [0.05, 0.1) is 61.1 Å². The average Bonchev–Trinajstić information content (AvgIpc) is 1.62. The van der Waals surface area contributed by atoms with Crippen LogP contribution >= 0.6 is 79.3 Å². The minimum atomic E-state index is -0.919. The van der Waals surface area contributed by atoms with Crippen LogP contribution in [0.1, 0.15) is 60.8 Å². The van der Waals surface area contributed by atoms with E-state index in [4.69, 9.17) is 21.4 Å². The van der Waals surface area contributed by atoms with Crippen LogP contribution in [-0.4, -0.2) is 76.4 Å². The highest BCUT2D eigenvalue weighted by atomic mass is 127. The molecule has 10 heterocycles. The van der Waals surface area contributed by atoms with Gasteiger partial charge in [0.15, 0.2) is 24.8 Å². The lowest BCUT2D eigenvalue weighted by molar-refractivity contribution is -0.387. The van der Waals surface area contributed by atoms with E-state index in [-0.39, 0.29) is 39.7 Å². The van der Waals surface area contributed by atoms with E-state index in [1.54, 1.807) is 117 Å². The van der Waals surface area contributed by atoms with Crippen LogP contribution in [-0.2, 0) is 0 Å². The lowest BCUT2D eigenvalue weighted by Crippen LogP contribution is -2.07. The molecule has 0 radical (unpaired) electrons. The van der Waals surface area contributed by atoms with E-state index in [1.165, 1.54) is 95.5 Å². The molecule has 0 unspecified atom stereocenters. The van der Waals surface area contributed by atoms with Crippen LogP contribution < -0.4 is 22.1 Å². The summed E-state index contributed by atoms with van der Waals surface area (Å²) in [6, 6.07) is 46.1. The van der Waals surface area contributed by atoms with Gasteiger partial charge in [-0.3, -0.25) is 42.2 Å². The van der Waals surface area contributed by atoms with Gasteiger partial charge in [0.1, 0.15) is 44.2 Å². The third kappa shape index (κ3) is 20.7. The topological polar surface area (TPSA) is 249 Å². The van der Waals surface area contributed by atoms with Crippen molar-refractivity contribution in [1.29, 1.82) is 0 Å². The summed E-state index contributed by atoms with van der Waals surface area (Å²) in [7, 11) is 0. The molecule has 614 valence electrons. The Labute approximate surface area is 719 Å². The summed E-state index contributed by atoms with van der Waals surface area (Å²) in [6.07, 6.45) is 14.7. The van der Waals surface area contributed by atoms with Crippen LogP contribution in [0.4, 0.5) is 54.8 Å². The number of rotatable bonds is 20. The second-order valence-electron chi connectivity index (χ2n) is 28.6. The maximum absolute atomic E-state index is 14.1. The van der Waals surface area contributed by atoms with Crippen LogP contribution in [0.2, 0.25) is 0 Å². The van der Waals surface area contributed by atoms with E-state index in [0.29, 0.717) is 57.2 Å². The zero-order chi connectivity index (χ0) is 84.8. The monoisotopic (exact) mass is 1820 g/mol. The van der Waals surface area contributed by atoms with Crippen molar-refractivity contribution >= 4 is 133 Å². The number of benzene rings is 8. The first-order valence-corrected chi connectivity index (χ1v) is 43.3. The summed E-state index contributed by atoms with van der Waals surface area (Å²) < 4.78 is 90.5. The first-order chi connectivity index (χ1) is 57.9. The van der Waals surface area contributed by atoms with Crippen LogP contribution in [0, 0.1) is 76.6 Å². The highest BCUT2D eigenvalue weighted by molar-refractivity contribution is 14.1. The Morgan fingerprint density at radius 1 is 0.400 bits per heavy atom. The molecule has 0 aliphatic heterocycles. The van der Waals surface area contributed by atoms with Crippen molar-refractivity contribution in [3.05, 3.63) is 299 Å². The lowest BCUT2D eigenvalue weighted by atomic mass is 10.0. The number of nitro benzene ring substituents is 2. The molecule has 0 amide bonds. The Hall–Kier alpha value is -11.9. The highest BCUT2D eigenvalue weighted by Gasteiger charge is 2.25. The number of halogens is 7. The van der Waals surface area contributed by atoms with E-state index < -0.39 is 16.4 Å². The number of aromatic nitrogens is 10. The minimum absolute atomic E-state index is 0.0388. The van der Waals surface area contributed by atoms with Gasteiger partial charge in [0.2, 0.25) is 5.82 Å². The van der Waals surface area contributed by atoms with E-state index in [2.05, 4.69) is 100 Å². The number of nitrogens with two attached hydrogens (primary N) is 2. The van der Waals surface area contributed by atoms with Crippen LogP contribution in [0.3, 0.4) is 0 Å². The van der Waals surface area contributed by atoms with Gasteiger partial charge in [0, 0.05) is 134 Å². The Balaban J connectivity index is 0.000000130. The van der Waals surface area contributed by atoms with E-state index in [1.807, 2.05) is 83.2 Å². The molecule has 32 heteroatoms. The molecule has 18 aromatic rings. The van der Waals surface area contributed by atoms with Gasteiger partial charge in [-0.1, -0.05) is 47.6 Å². The molecular formula is C88H79F6IN16O4S5. The van der Waals surface area contributed by atoms with Gasteiger partial charge in [-0.05, 0) is 224 Å². The third-order valence-corrected chi connectivity index (χ3v) is 23.6. The first kappa shape index (κ1) is 85.9. The molecule has 8 aromatic carbocycles. The van der Waals surface area contributed by atoms with Crippen molar-refractivity contribution in [3.8, 4) is 90.1 Å². The van der Waals surface area contributed by atoms with Crippen LogP contribution in [0.25, 0.3) is 115 Å². The smallest absolute Gasteiger partial charge is 0.304 e. The second-order valence-corrected chi connectivity index (χ2v) is 33.9. The summed E-state index contributed by atoms with van der Waals surface area (Å²) in [5.74, 6) is -0.406. The molecule has 0 saturated carbocycles. The summed E-state index contributed by atoms with van der Waals surface area (Å²) in [5.41, 5.74) is 25.8. The number of hydrogen-bond donors (Lipinski definition) is 4. The van der Waals surface area contributed by atoms with E-state index in [9.17, 15) is 46.6 Å². The third-order valence-electron chi connectivity index (χ3n) is 18.7. The number of thiazole rings is 5. The number of nitrogens with one attached hydrogen (secondary N) is 2. The number of nitrogens with zero attached hydrogens (tertiary/aromatic N) is 12. The van der Waals surface area contributed by atoms with Gasteiger partial charge in [0.25, 0.3) is 5.69 Å². The fraction of sp³-hybridized carbons (Fsp3) is 0.170. The predicted octanol–water partition coefficient (Wildman–Crippen LogP) is 25.1. The molecule has 6 N–H and O–H groups in total. The maximum atomic E-state index is 14.1. The number of anilines is 3. The maximum Gasteiger partial charge on any atom is 0.304 e. The fourth-order valence-electron chi connectivity index (χ4n) is 12.6. The number of imidazole rings is 5. The number of nitro groups is 2. The SMILES string of the molecule is CC(C)CCN.CC(C)CCNc1cc(-c2c(-c3ccc(F)cc3)nc3sccn23)ccc1N.CC(C)CCNc1cc(-c2c(-c3ccc(F)cc3)nc3sccn23)ccc1[N+](=O)[O-].Fc1ccc(-c2cn3ccsc3n2)cc1.Fc1ccc(-c2nc3sccn3c2I)cc1.O=[N+]([O-])c1ccc(-c2c(-c3ccc(F)cc3)nc3sccn23)cc1F. The zero-order valence-electron chi connectivity index (χ0n) is 65.4. The van der Waals surface area contributed by atoms with Crippen molar-refractivity contribution in [2.24, 2.45) is 23.5 Å². The molecule has 18 rings (SSSR count). The van der Waals surface area contributed by atoms with Gasteiger partial charge >= 0.3 is 5.69 Å². The molecular weight excluding hydrogens is 1750 g/mol. The van der Waals surface area contributed by atoms with Crippen LogP contribution in [0.5, 0.6) is 0 Å². The molecule has 0 fully saturated rings. The quantitative estimate of drug-likeness (QED) is 0.0182. The highest BCUT2D eigenvalue weighted by Crippen LogP contribution is 2.41. The molecule has 0 atom stereocenters. The number of nitrogen functional groups attached to an aromatic ring is 1. The molecule has 0 bridgehead atoms. The van der Waals surface area contributed by atoms with Crippen molar-refractivity contribution in [2.45, 2.75) is 60.8 Å². The second kappa shape index (κ2) is 39.3. The average molecular weight is 1830 g/mol. The van der Waals surface area contributed by atoms with Crippen molar-refractivity contribution < 1.29 is 36.2 Å². The van der Waals surface area contributed by atoms with Crippen molar-refractivity contribution in [3.63, 3.8) is 0 Å². The van der Waals surface area contributed by atoms with Gasteiger partial charge in [-0.2, -0.15) is 4.39 Å². The largest absolute Gasteiger partial charge is 0.397 e. The molecule has 10 aromatic heterocycles. The number of fused-ring (bicyclic) bond motifs is 5. The Morgan fingerprint density at radius 3 is 1.12 bits per heavy atom. The normalized spacial score (nSPS) is 11.2. The standard InChI is InChI=1S/C22H21FN4O2S.C22H23FN4S.C17H9F2N3O2S.C11H6FIN2S.C11H7FN2S.C5H13N/c1-14(2)9-10-24-18-13-16(5-8-19(18)27(28)29)21-20(15-3-6-17(23)7-4-15)25-22-26(21)11-12-30-22;1-14(2)9-10-25-19-13-16(5-8-18(19)24)21-20(15-3-6-17(23)7-4-15)26-22-27(21)11-12-28-22;18-12-4-1-10(2-5-12)15-16(21-7-8-25-17(21)20-15)11-3-6-14(22(23)24)13(19)9-11;12-8-3-1-7(2-4-8)9-10(13)15-5-6-16-11(15)14-9;12-9-3-1-8(2-4-9)10-7-14-5-6-15-11(14)13-10;1-5(2)3-4-6/h3-8,11-14,24H,9-10H2,1-2H3;3-8,11-14,25H,9-10,24H2,1-2H3;1-9H;1-6H;1-7H;5H,3-4,6H2,1-2H3. The Bertz CT molecular complexity index is 6480. The zero-order valence-corrected chi connectivity index (χ0v) is 71.6. The minimum Gasteiger partial charge on any atom is -0.397 e. The molecule has 0 aliphatic rings. The predicted molar refractivity (Wildman–Crippen MR) is 483 cm³/mol. The molecule has 120 heavy (non-hydrogen) atoms. The molecule has 20 nitrogen and oxygen atoms in total. The van der Waals surface area contributed by atoms with Gasteiger partial charge < -0.3 is 22.1 Å². The van der Waals surface area contributed by atoms with Gasteiger partial charge in [-0.25, -0.2) is 46.9 Å². The summed E-state index contributed by atoms with van der Waals surface area (Å²) in [5, 5.41) is 38.8. The Morgan fingerprint density at radius 2 is 0.733 bits per heavy atom. The Kier molecular flexibility index (Phi) is 28.2. The summed E-state index contributed by atoms with van der Waals surface area (Å²) in [4.78, 5) is 48.5. The molecule has 0 saturated heterocycles.